The van der Waals surface area contributed by atoms with Gasteiger partial charge in [-0.15, -0.1) is 0 Å². The summed E-state index contributed by atoms with van der Waals surface area (Å²) in [4.78, 5) is 5.24. The van der Waals surface area contributed by atoms with Crippen molar-refractivity contribution in [1.82, 2.24) is 15.1 Å². The van der Waals surface area contributed by atoms with Gasteiger partial charge in [0.25, 0.3) is 0 Å². The number of likely N-dealkylation sites (tertiary alicyclic amines) is 1. The fourth-order valence-corrected chi connectivity index (χ4v) is 3.17. The number of nitrogens with one attached hydrogen (secondary N) is 1. The van der Waals surface area contributed by atoms with E-state index in [2.05, 4.69) is 42.9 Å². The van der Waals surface area contributed by atoms with Crippen molar-refractivity contribution in [2.24, 2.45) is 0 Å². The molecule has 3 nitrogen and oxygen atoms in total. The molecule has 1 heterocycles. The van der Waals surface area contributed by atoms with Crippen LogP contribution < -0.4 is 5.32 Å². The van der Waals surface area contributed by atoms with Crippen molar-refractivity contribution in [3.8, 4) is 0 Å². The summed E-state index contributed by atoms with van der Waals surface area (Å²) in [5.41, 5.74) is 0. The van der Waals surface area contributed by atoms with E-state index in [1.807, 2.05) is 0 Å². The molecule has 1 aliphatic carbocycles. The molecule has 2 aliphatic rings. The lowest BCUT2D eigenvalue weighted by Gasteiger charge is -2.37. The molecule has 1 aliphatic heterocycles. The van der Waals surface area contributed by atoms with Gasteiger partial charge in [-0.05, 0) is 46.2 Å². The van der Waals surface area contributed by atoms with Crippen LogP contribution in [-0.4, -0.2) is 60.6 Å². The summed E-state index contributed by atoms with van der Waals surface area (Å²) in [6.07, 6.45) is 5.53. The van der Waals surface area contributed by atoms with Gasteiger partial charge in [0.1, 0.15) is 0 Å². The molecule has 2 unspecified atom stereocenters. The fourth-order valence-electron chi connectivity index (χ4n) is 3.17. The summed E-state index contributed by atoms with van der Waals surface area (Å²) in [6, 6.07) is 2.91. The van der Waals surface area contributed by atoms with Crippen molar-refractivity contribution in [2.75, 3.05) is 26.7 Å². The molecule has 18 heavy (non-hydrogen) atoms. The Hall–Kier alpha value is -0.120. The lowest BCUT2D eigenvalue weighted by Crippen LogP contribution is -2.51. The SMILES string of the molecule is CC(C)NC1CCCN(CC(C)N(C)C2CC2)C1. The van der Waals surface area contributed by atoms with Gasteiger partial charge in [0.2, 0.25) is 0 Å². The van der Waals surface area contributed by atoms with E-state index in [9.17, 15) is 0 Å². The van der Waals surface area contributed by atoms with Crippen LogP contribution in [0.3, 0.4) is 0 Å². The molecule has 1 saturated carbocycles. The number of nitrogens with zero attached hydrogens (tertiary/aromatic N) is 2. The first-order valence-corrected chi connectivity index (χ1v) is 7.76. The lowest BCUT2D eigenvalue weighted by atomic mass is 10.0. The minimum atomic E-state index is 0.613. The van der Waals surface area contributed by atoms with E-state index in [-0.39, 0.29) is 0 Å². The Morgan fingerprint density at radius 2 is 1.94 bits per heavy atom. The number of likely N-dealkylation sites (N-methyl/N-ethyl adjacent to an activating group) is 1. The molecule has 2 fully saturated rings. The van der Waals surface area contributed by atoms with E-state index < -0.39 is 0 Å². The Balaban J connectivity index is 1.74. The van der Waals surface area contributed by atoms with Crippen LogP contribution in [0.25, 0.3) is 0 Å². The van der Waals surface area contributed by atoms with E-state index in [1.165, 1.54) is 45.3 Å². The molecule has 0 radical (unpaired) electrons. The summed E-state index contributed by atoms with van der Waals surface area (Å²) < 4.78 is 0. The van der Waals surface area contributed by atoms with Crippen LogP contribution in [0.5, 0.6) is 0 Å². The van der Waals surface area contributed by atoms with Gasteiger partial charge in [-0.3, -0.25) is 4.90 Å². The second-order valence-electron chi connectivity index (χ2n) is 6.67. The maximum absolute atomic E-state index is 3.69. The quantitative estimate of drug-likeness (QED) is 0.780. The Labute approximate surface area is 113 Å². The molecule has 0 aromatic carbocycles. The molecular formula is C15H31N3. The van der Waals surface area contributed by atoms with Gasteiger partial charge in [-0.1, -0.05) is 13.8 Å². The van der Waals surface area contributed by atoms with Gasteiger partial charge in [0.15, 0.2) is 0 Å². The standard InChI is InChI=1S/C15H31N3/c1-12(2)16-14-6-5-9-18(11-14)10-13(3)17(4)15-7-8-15/h12-16H,5-11H2,1-4H3. The number of hydrogen-bond donors (Lipinski definition) is 1. The minimum Gasteiger partial charge on any atom is -0.311 e. The molecule has 106 valence electrons. The predicted molar refractivity (Wildman–Crippen MR) is 78.0 cm³/mol. The van der Waals surface area contributed by atoms with Gasteiger partial charge in [0.05, 0.1) is 0 Å². The monoisotopic (exact) mass is 253 g/mol. The first-order chi connectivity index (χ1) is 8.56. The summed E-state index contributed by atoms with van der Waals surface area (Å²) in [5, 5.41) is 3.69. The molecule has 0 aromatic heterocycles. The molecule has 2 rings (SSSR count). The van der Waals surface area contributed by atoms with Gasteiger partial charge < -0.3 is 10.2 Å². The average Bonchev–Trinajstić information content (AvgIpc) is 3.11. The lowest BCUT2D eigenvalue weighted by molar-refractivity contribution is 0.130. The third-order valence-electron chi connectivity index (χ3n) is 4.42. The van der Waals surface area contributed by atoms with Crippen molar-refractivity contribution in [3.05, 3.63) is 0 Å². The zero-order valence-electron chi connectivity index (χ0n) is 12.7. The summed E-state index contributed by atoms with van der Waals surface area (Å²) in [7, 11) is 2.30. The molecule has 0 amide bonds. The third kappa shape index (κ3) is 4.22. The van der Waals surface area contributed by atoms with Gasteiger partial charge in [0, 0.05) is 37.3 Å². The zero-order valence-corrected chi connectivity index (χ0v) is 12.7. The Kier molecular flexibility index (Phi) is 5.05. The smallest absolute Gasteiger partial charge is 0.0197 e. The number of rotatable bonds is 6. The molecule has 3 heteroatoms. The Morgan fingerprint density at radius 1 is 1.22 bits per heavy atom. The molecule has 0 aromatic rings. The summed E-state index contributed by atoms with van der Waals surface area (Å²) >= 11 is 0. The van der Waals surface area contributed by atoms with Gasteiger partial charge >= 0.3 is 0 Å². The zero-order chi connectivity index (χ0) is 13.1. The third-order valence-corrected chi connectivity index (χ3v) is 4.42. The van der Waals surface area contributed by atoms with Crippen molar-refractivity contribution >= 4 is 0 Å². The highest BCUT2D eigenvalue weighted by Crippen LogP contribution is 2.27. The first kappa shape index (κ1) is 14.3. The maximum Gasteiger partial charge on any atom is 0.0197 e. The first-order valence-electron chi connectivity index (χ1n) is 7.76. The molecule has 0 bridgehead atoms. The van der Waals surface area contributed by atoms with E-state index in [4.69, 9.17) is 0 Å². The van der Waals surface area contributed by atoms with E-state index in [0.717, 1.165) is 6.04 Å². The van der Waals surface area contributed by atoms with Crippen LogP contribution in [0.2, 0.25) is 0 Å². The largest absolute Gasteiger partial charge is 0.311 e. The summed E-state index contributed by atoms with van der Waals surface area (Å²) in [6.45, 7) is 10.7. The number of piperidine rings is 1. The maximum atomic E-state index is 3.69. The van der Waals surface area contributed by atoms with Crippen molar-refractivity contribution in [2.45, 2.75) is 70.6 Å². The van der Waals surface area contributed by atoms with Crippen LogP contribution >= 0.6 is 0 Å². The van der Waals surface area contributed by atoms with Crippen molar-refractivity contribution < 1.29 is 0 Å². The van der Waals surface area contributed by atoms with Crippen molar-refractivity contribution in [1.29, 1.82) is 0 Å². The van der Waals surface area contributed by atoms with Gasteiger partial charge in [-0.2, -0.15) is 0 Å². The van der Waals surface area contributed by atoms with Crippen molar-refractivity contribution in [3.63, 3.8) is 0 Å². The molecule has 1 N–H and O–H groups in total. The normalized spacial score (nSPS) is 28.0. The Morgan fingerprint density at radius 3 is 2.56 bits per heavy atom. The highest BCUT2D eigenvalue weighted by Gasteiger charge is 2.30. The highest BCUT2D eigenvalue weighted by molar-refractivity contribution is 4.87. The molecule has 2 atom stereocenters. The van der Waals surface area contributed by atoms with E-state index >= 15 is 0 Å². The predicted octanol–water partition coefficient (Wildman–Crippen LogP) is 1.93. The average molecular weight is 253 g/mol. The van der Waals surface area contributed by atoms with E-state index in [1.54, 1.807) is 0 Å². The molecular weight excluding hydrogens is 222 g/mol. The second kappa shape index (κ2) is 6.36. The van der Waals surface area contributed by atoms with Crippen LogP contribution in [0.1, 0.15) is 46.5 Å². The van der Waals surface area contributed by atoms with E-state index in [0.29, 0.717) is 18.1 Å². The number of hydrogen-bond acceptors (Lipinski definition) is 3. The topological polar surface area (TPSA) is 18.5 Å². The Bertz CT molecular complexity index is 250. The van der Waals surface area contributed by atoms with Crippen LogP contribution in [0.15, 0.2) is 0 Å². The minimum absolute atomic E-state index is 0.613. The fraction of sp³-hybridized carbons (Fsp3) is 1.00. The molecule has 0 spiro atoms. The van der Waals surface area contributed by atoms with Crippen LogP contribution in [0.4, 0.5) is 0 Å². The summed E-state index contributed by atoms with van der Waals surface area (Å²) in [5.74, 6) is 0. The second-order valence-corrected chi connectivity index (χ2v) is 6.67. The molecule has 1 saturated heterocycles. The van der Waals surface area contributed by atoms with Gasteiger partial charge in [-0.25, -0.2) is 0 Å². The highest BCUT2D eigenvalue weighted by atomic mass is 15.2. The van der Waals surface area contributed by atoms with Crippen LogP contribution in [-0.2, 0) is 0 Å². The van der Waals surface area contributed by atoms with Crippen LogP contribution in [0, 0.1) is 0 Å².